The number of amides is 1. The van der Waals surface area contributed by atoms with Gasteiger partial charge in [-0.05, 0) is 25.3 Å². The molecular formula is C12H20N4O3S. The first-order valence-electron chi connectivity index (χ1n) is 6.62. The highest BCUT2D eigenvalue weighted by Gasteiger charge is 2.30. The lowest BCUT2D eigenvalue weighted by molar-refractivity contribution is 0.0725. The van der Waals surface area contributed by atoms with E-state index in [2.05, 4.69) is 9.82 Å². The summed E-state index contributed by atoms with van der Waals surface area (Å²) in [5.74, 6) is -0.0764. The van der Waals surface area contributed by atoms with Crippen LogP contribution in [-0.2, 0) is 17.1 Å². The van der Waals surface area contributed by atoms with Crippen LogP contribution in [0.4, 0.5) is 0 Å². The van der Waals surface area contributed by atoms with Crippen LogP contribution in [0.15, 0.2) is 12.3 Å². The molecule has 8 heteroatoms. The van der Waals surface area contributed by atoms with Gasteiger partial charge in [-0.25, -0.2) is 13.1 Å². The second kappa shape index (κ2) is 5.92. The first-order valence-corrected chi connectivity index (χ1v) is 8.51. The topological polar surface area (TPSA) is 84.3 Å². The number of carbonyl (C=O) groups is 1. The van der Waals surface area contributed by atoms with E-state index in [0.717, 1.165) is 19.1 Å². The molecule has 0 aromatic carbocycles. The standard InChI is InChI=1S/C12H20N4O3S/c1-15-9-6-11(14-15)12(17)16-8-3-4-10(16)5-7-13-20(2,18)19/h6,9-10,13H,3-5,7-8H2,1-2H3. The number of hydrogen-bond donors (Lipinski definition) is 1. The molecule has 1 unspecified atom stereocenters. The van der Waals surface area contributed by atoms with Gasteiger partial charge < -0.3 is 4.90 Å². The predicted molar refractivity (Wildman–Crippen MR) is 74.7 cm³/mol. The van der Waals surface area contributed by atoms with Crippen molar-refractivity contribution in [2.24, 2.45) is 7.05 Å². The summed E-state index contributed by atoms with van der Waals surface area (Å²) in [4.78, 5) is 14.1. The quantitative estimate of drug-likeness (QED) is 0.827. The van der Waals surface area contributed by atoms with Gasteiger partial charge >= 0.3 is 0 Å². The van der Waals surface area contributed by atoms with E-state index >= 15 is 0 Å². The molecule has 1 aliphatic heterocycles. The predicted octanol–water partition coefficient (Wildman–Crippen LogP) is -0.0360. The molecule has 0 radical (unpaired) electrons. The number of aryl methyl sites for hydroxylation is 1. The molecule has 0 aliphatic carbocycles. The zero-order valence-corrected chi connectivity index (χ0v) is 12.6. The summed E-state index contributed by atoms with van der Waals surface area (Å²) in [5.41, 5.74) is 0.440. The second-order valence-electron chi connectivity index (χ2n) is 5.12. The van der Waals surface area contributed by atoms with E-state index in [0.29, 0.717) is 25.2 Å². The van der Waals surface area contributed by atoms with Gasteiger partial charge in [0.25, 0.3) is 5.91 Å². The maximum absolute atomic E-state index is 12.3. The number of hydrogen-bond acceptors (Lipinski definition) is 4. The molecule has 0 bridgehead atoms. The van der Waals surface area contributed by atoms with Crippen molar-refractivity contribution < 1.29 is 13.2 Å². The summed E-state index contributed by atoms with van der Waals surface area (Å²) in [6.45, 7) is 1.06. The molecule has 1 saturated heterocycles. The minimum atomic E-state index is -3.17. The van der Waals surface area contributed by atoms with Crippen LogP contribution in [0, 0.1) is 0 Å². The summed E-state index contributed by atoms with van der Waals surface area (Å²) >= 11 is 0. The third kappa shape index (κ3) is 3.80. The Bertz CT molecular complexity index is 581. The van der Waals surface area contributed by atoms with E-state index in [9.17, 15) is 13.2 Å². The van der Waals surface area contributed by atoms with Gasteiger partial charge in [-0.15, -0.1) is 0 Å². The lowest BCUT2D eigenvalue weighted by Gasteiger charge is -2.23. The van der Waals surface area contributed by atoms with E-state index in [1.54, 1.807) is 28.9 Å². The Morgan fingerprint density at radius 3 is 2.90 bits per heavy atom. The number of likely N-dealkylation sites (tertiary alicyclic amines) is 1. The molecule has 1 atom stereocenters. The zero-order valence-electron chi connectivity index (χ0n) is 11.7. The van der Waals surface area contributed by atoms with Crippen molar-refractivity contribution in [2.75, 3.05) is 19.3 Å². The average Bonchev–Trinajstić information content (AvgIpc) is 2.95. The molecule has 1 fully saturated rings. The molecule has 1 N–H and O–H groups in total. The van der Waals surface area contributed by atoms with Gasteiger partial charge in [-0.1, -0.05) is 0 Å². The smallest absolute Gasteiger partial charge is 0.274 e. The Kier molecular flexibility index (Phi) is 4.44. The number of rotatable bonds is 5. The normalized spacial score (nSPS) is 19.5. The van der Waals surface area contributed by atoms with Crippen molar-refractivity contribution in [3.8, 4) is 0 Å². The van der Waals surface area contributed by atoms with Crippen LogP contribution in [0.1, 0.15) is 29.8 Å². The molecule has 20 heavy (non-hydrogen) atoms. The van der Waals surface area contributed by atoms with Crippen molar-refractivity contribution in [3.63, 3.8) is 0 Å². The monoisotopic (exact) mass is 300 g/mol. The van der Waals surface area contributed by atoms with Crippen LogP contribution in [0.2, 0.25) is 0 Å². The van der Waals surface area contributed by atoms with E-state index in [4.69, 9.17) is 0 Å². The molecule has 1 aromatic heterocycles. The van der Waals surface area contributed by atoms with Crippen LogP contribution >= 0.6 is 0 Å². The zero-order chi connectivity index (χ0) is 14.8. The third-order valence-corrected chi connectivity index (χ3v) is 4.14. The van der Waals surface area contributed by atoms with Crippen molar-refractivity contribution in [1.29, 1.82) is 0 Å². The van der Waals surface area contributed by atoms with Crippen molar-refractivity contribution >= 4 is 15.9 Å². The minimum Gasteiger partial charge on any atom is -0.334 e. The Balaban J connectivity index is 1.95. The van der Waals surface area contributed by atoms with Crippen LogP contribution < -0.4 is 4.72 Å². The number of sulfonamides is 1. The molecular weight excluding hydrogens is 280 g/mol. The fourth-order valence-electron chi connectivity index (χ4n) is 2.49. The maximum atomic E-state index is 12.3. The fourth-order valence-corrected chi connectivity index (χ4v) is 2.98. The molecule has 2 heterocycles. The number of aromatic nitrogens is 2. The average molecular weight is 300 g/mol. The molecule has 1 aromatic rings. The Morgan fingerprint density at radius 2 is 2.30 bits per heavy atom. The fraction of sp³-hybridized carbons (Fsp3) is 0.667. The summed E-state index contributed by atoms with van der Waals surface area (Å²) in [6, 6.07) is 1.78. The van der Waals surface area contributed by atoms with Crippen molar-refractivity contribution in [1.82, 2.24) is 19.4 Å². The van der Waals surface area contributed by atoms with Crippen LogP contribution in [0.25, 0.3) is 0 Å². The SMILES string of the molecule is Cn1ccc(C(=O)N2CCCC2CCNS(C)(=O)=O)n1. The highest BCUT2D eigenvalue weighted by Crippen LogP contribution is 2.21. The largest absolute Gasteiger partial charge is 0.334 e. The van der Waals surface area contributed by atoms with Crippen LogP contribution in [0.3, 0.4) is 0 Å². The first-order chi connectivity index (χ1) is 9.37. The lowest BCUT2D eigenvalue weighted by atomic mass is 10.1. The molecule has 112 valence electrons. The summed E-state index contributed by atoms with van der Waals surface area (Å²) in [5, 5.41) is 4.12. The number of nitrogens with one attached hydrogen (secondary N) is 1. The molecule has 2 rings (SSSR count). The third-order valence-electron chi connectivity index (χ3n) is 3.41. The van der Waals surface area contributed by atoms with Gasteiger partial charge in [0, 0.05) is 32.4 Å². The minimum absolute atomic E-state index is 0.0764. The Labute approximate surface area is 119 Å². The Morgan fingerprint density at radius 1 is 1.55 bits per heavy atom. The molecule has 0 saturated carbocycles. The molecule has 0 spiro atoms. The van der Waals surface area contributed by atoms with Crippen molar-refractivity contribution in [3.05, 3.63) is 18.0 Å². The van der Waals surface area contributed by atoms with Gasteiger partial charge in [0.05, 0.1) is 6.26 Å². The molecule has 1 amide bonds. The summed E-state index contributed by atoms with van der Waals surface area (Å²) in [6.07, 6.45) is 5.36. The Hall–Kier alpha value is -1.41. The van der Waals surface area contributed by atoms with Crippen molar-refractivity contribution in [2.45, 2.75) is 25.3 Å². The van der Waals surface area contributed by atoms with E-state index in [-0.39, 0.29) is 11.9 Å². The van der Waals surface area contributed by atoms with Gasteiger partial charge in [0.15, 0.2) is 0 Å². The van der Waals surface area contributed by atoms with Gasteiger partial charge in [-0.3, -0.25) is 9.48 Å². The highest BCUT2D eigenvalue weighted by molar-refractivity contribution is 7.88. The van der Waals surface area contributed by atoms with E-state index in [1.807, 2.05) is 0 Å². The number of carbonyl (C=O) groups excluding carboxylic acids is 1. The maximum Gasteiger partial charge on any atom is 0.274 e. The highest BCUT2D eigenvalue weighted by atomic mass is 32.2. The van der Waals surface area contributed by atoms with Gasteiger partial charge in [0.2, 0.25) is 10.0 Å². The second-order valence-corrected chi connectivity index (χ2v) is 6.96. The lowest BCUT2D eigenvalue weighted by Crippen LogP contribution is -2.38. The summed E-state index contributed by atoms with van der Waals surface area (Å²) in [7, 11) is -1.40. The number of nitrogens with zero attached hydrogens (tertiary/aromatic N) is 3. The van der Waals surface area contributed by atoms with Crippen LogP contribution in [-0.4, -0.2) is 54.4 Å². The molecule has 1 aliphatic rings. The van der Waals surface area contributed by atoms with Crippen LogP contribution in [0.5, 0.6) is 0 Å². The first kappa shape index (κ1) is 15.0. The molecule has 7 nitrogen and oxygen atoms in total. The summed E-state index contributed by atoms with van der Waals surface area (Å²) < 4.78 is 26.1. The van der Waals surface area contributed by atoms with E-state index in [1.165, 1.54) is 0 Å². The van der Waals surface area contributed by atoms with Gasteiger partial charge in [0.1, 0.15) is 5.69 Å². The van der Waals surface area contributed by atoms with Gasteiger partial charge in [-0.2, -0.15) is 5.10 Å². The van der Waals surface area contributed by atoms with E-state index < -0.39 is 10.0 Å².